The number of hydrogen-bond donors (Lipinski definition) is 0. The molecule has 2 heterocycles. The number of fused-ring (bicyclic) bond motifs is 1. The number of amides is 2. The van der Waals surface area contributed by atoms with Crippen LogP contribution in [0.1, 0.15) is 63.0 Å². The van der Waals surface area contributed by atoms with Crippen molar-refractivity contribution in [2.24, 2.45) is 0 Å². The summed E-state index contributed by atoms with van der Waals surface area (Å²) in [5, 5.41) is 0. The van der Waals surface area contributed by atoms with Crippen LogP contribution in [0.15, 0.2) is 60.3 Å². The van der Waals surface area contributed by atoms with Crippen LogP contribution < -0.4 is 4.90 Å². The maximum absolute atomic E-state index is 13.6. The summed E-state index contributed by atoms with van der Waals surface area (Å²) < 4.78 is 0. The Morgan fingerprint density at radius 1 is 0.806 bits per heavy atom. The van der Waals surface area contributed by atoms with Gasteiger partial charge in [-0.05, 0) is 36.5 Å². The third kappa shape index (κ3) is 4.43. The van der Waals surface area contributed by atoms with Crippen molar-refractivity contribution in [2.75, 3.05) is 18.0 Å². The predicted molar refractivity (Wildman–Crippen MR) is 126 cm³/mol. The van der Waals surface area contributed by atoms with Crippen molar-refractivity contribution in [3.63, 3.8) is 0 Å². The van der Waals surface area contributed by atoms with Gasteiger partial charge in [-0.25, -0.2) is 0 Å². The van der Waals surface area contributed by atoms with Crippen molar-refractivity contribution in [3.8, 4) is 0 Å². The predicted octanol–water partition coefficient (Wildman–Crippen LogP) is 5.58. The number of para-hydroxylation sites is 1. The van der Waals surface area contributed by atoms with E-state index in [0.717, 1.165) is 49.9 Å². The van der Waals surface area contributed by atoms with Crippen molar-refractivity contribution < 1.29 is 9.59 Å². The minimum atomic E-state index is -0.150. The first-order valence-electron chi connectivity index (χ1n) is 11.7. The summed E-state index contributed by atoms with van der Waals surface area (Å²) in [6.45, 7) is 3.46. The number of anilines is 1. The zero-order valence-electron chi connectivity index (χ0n) is 18.5. The minimum Gasteiger partial charge on any atom is -0.336 e. The molecule has 2 aromatic carbocycles. The SMILES string of the molecule is CCCCCCCCN1C(=O)C(c2ccccc2)=C(N2CCCc3ccccc32)C1=O. The van der Waals surface area contributed by atoms with E-state index in [4.69, 9.17) is 0 Å². The molecular formula is C27H32N2O2. The first-order chi connectivity index (χ1) is 15.2. The number of carbonyl (C=O) groups excluding carboxylic acids is 2. The van der Waals surface area contributed by atoms with Crippen LogP contribution >= 0.6 is 0 Å². The van der Waals surface area contributed by atoms with Crippen LogP contribution in [0.3, 0.4) is 0 Å². The van der Waals surface area contributed by atoms with E-state index in [0.29, 0.717) is 17.8 Å². The number of imide groups is 1. The van der Waals surface area contributed by atoms with Gasteiger partial charge in [0.05, 0.1) is 5.57 Å². The molecule has 0 unspecified atom stereocenters. The van der Waals surface area contributed by atoms with E-state index in [1.807, 2.05) is 42.5 Å². The van der Waals surface area contributed by atoms with Crippen molar-refractivity contribution in [3.05, 3.63) is 71.4 Å². The first kappa shape index (κ1) is 21.4. The second kappa shape index (κ2) is 9.95. The largest absolute Gasteiger partial charge is 0.336 e. The van der Waals surface area contributed by atoms with Gasteiger partial charge in [0, 0.05) is 18.8 Å². The molecule has 0 spiro atoms. The van der Waals surface area contributed by atoms with E-state index >= 15 is 0 Å². The Labute approximate surface area is 185 Å². The number of nitrogens with zero attached hydrogens (tertiary/aromatic N) is 2. The quantitative estimate of drug-likeness (QED) is 0.396. The highest BCUT2D eigenvalue weighted by atomic mass is 16.2. The van der Waals surface area contributed by atoms with Gasteiger partial charge in [0.25, 0.3) is 11.8 Å². The summed E-state index contributed by atoms with van der Waals surface area (Å²) in [5.41, 5.74) is 4.22. The van der Waals surface area contributed by atoms with Crippen LogP contribution in [0.25, 0.3) is 5.57 Å². The second-order valence-corrected chi connectivity index (χ2v) is 8.50. The number of benzene rings is 2. The normalized spacial score (nSPS) is 16.3. The summed E-state index contributed by atoms with van der Waals surface area (Å²) in [6.07, 6.45) is 8.75. The highest BCUT2D eigenvalue weighted by molar-refractivity contribution is 6.36. The van der Waals surface area contributed by atoms with Gasteiger partial charge in [-0.15, -0.1) is 0 Å². The Morgan fingerprint density at radius 2 is 1.52 bits per heavy atom. The summed E-state index contributed by atoms with van der Waals surface area (Å²) in [6, 6.07) is 17.9. The van der Waals surface area contributed by atoms with Gasteiger partial charge < -0.3 is 4.90 Å². The molecule has 0 radical (unpaired) electrons. The number of hydrogen-bond acceptors (Lipinski definition) is 3. The lowest BCUT2D eigenvalue weighted by atomic mass is 9.98. The van der Waals surface area contributed by atoms with Gasteiger partial charge in [-0.1, -0.05) is 87.6 Å². The number of unbranched alkanes of at least 4 members (excludes halogenated alkanes) is 5. The first-order valence-corrected chi connectivity index (χ1v) is 11.7. The highest BCUT2D eigenvalue weighted by Gasteiger charge is 2.42. The van der Waals surface area contributed by atoms with Gasteiger partial charge in [-0.2, -0.15) is 0 Å². The molecule has 0 saturated carbocycles. The van der Waals surface area contributed by atoms with Crippen LogP contribution in [-0.2, 0) is 16.0 Å². The van der Waals surface area contributed by atoms with Gasteiger partial charge in [-0.3, -0.25) is 14.5 Å². The van der Waals surface area contributed by atoms with Gasteiger partial charge in [0.1, 0.15) is 5.70 Å². The average Bonchev–Trinajstić information content (AvgIpc) is 3.06. The lowest BCUT2D eigenvalue weighted by Gasteiger charge is -2.32. The summed E-state index contributed by atoms with van der Waals surface area (Å²) >= 11 is 0. The topological polar surface area (TPSA) is 40.6 Å². The molecule has 0 saturated heterocycles. The molecule has 0 fully saturated rings. The molecule has 2 amide bonds. The summed E-state index contributed by atoms with van der Waals surface area (Å²) in [4.78, 5) is 30.6. The average molecular weight is 417 g/mol. The van der Waals surface area contributed by atoms with E-state index in [-0.39, 0.29) is 11.8 Å². The van der Waals surface area contributed by atoms with Crippen molar-refractivity contribution in [1.29, 1.82) is 0 Å². The van der Waals surface area contributed by atoms with Crippen LogP contribution in [0, 0.1) is 0 Å². The van der Waals surface area contributed by atoms with Crippen molar-refractivity contribution in [1.82, 2.24) is 4.90 Å². The Bertz CT molecular complexity index is 964. The van der Waals surface area contributed by atoms with E-state index in [9.17, 15) is 9.59 Å². The Hall–Kier alpha value is -2.88. The smallest absolute Gasteiger partial charge is 0.278 e. The van der Waals surface area contributed by atoms with Gasteiger partial charge in [0.2, 0.25) is 0 Å². The van der Waals surface area contributed by atoms with Crippen LogP contribution in [0.5, 0.6) is 0 Å². The molecular weight excluding hydrogens is 384 g/mol. The fourth-order valence-corrected chi connectivity index (χ4v) is 4.70. The third-order valence-electron chi connectivity index (χ3n) is 6.32. The summed E-state index contributed by atoms with van der Waals surface area (Å²) in [7, 11) is 0. The van der Waals surface area contributed by atoms with Crippen molar-refractivity contribution in [2.45, 2.75) is 58.3 Å². The Balaban J connectivity index is 1.63. The number of carbonyl (C=O) groups is 2. The molecule has 2 aliphatic rings. The van der Waals surface area contributed by atoms with E-state index in [1.54, 1.807) is 0 Å². The lowest BCUT2D eigenvalue weighted by Crippen LogP contribution is -2.37. The van der Waals surface area contributed by atoms with E-state index in [2.05, 4.69) is 24.0 Å². The molecule has 4 nitrogen and oxygen atoms in total. The highest BCUT2D eigenvalue weighted by Crippen LogP contribution is 2.37. The molecule has 0 atom stereocenters. The maximum atomic E-state index is 13.6. The molecule has 2 aliphatic heterocycles. The molecule has 162 valence electrons. The van der Waals surface area contributed by atoms with Crippen LogP contribution in [-0.4, -0.2) is 29.8 Å². The Kier molecular flexibility index (Phi) is 6.86. The van der Waals surface area contributed by atoms with E-state index < -0.39 is 0 Å². The number of rotatable bonds is 9. The molecule has 0 aromatic heterocycles. The molecule has 31 heavy (non-hydrogen) atoms. The molecule has 0 bridgehead atoms. The number of aryl methyl sites for hydroxylation is 1. The van der Waals surface area contributed by atoms with Gasteiger partial charge in [0.15, 0.2) is 0 Å². The monoisotopic (exact) mass is 416 g/mol. The van der Waals surface area contributed by atoms with Crippen molar-refractivity contribution >= 4 is 23.1 Å². The van der Waals surface area contributed by atoms with Crippen LogP contribution in [0.4, 0.5) is 5.69 Å². The second-order valence-electron chi connectivity index (χ2n) is 8.50. The van der Waals surface area contributed by atoms with E-state index in [1.165, 1.54) is 29.7 Å². The fourth-order valence-electron chi connectivity index (χ4n) is 4.70. The zero-order chi connectivity index (χ0) is 21.6. The molecule has 2 aromatic rings. The molecule has 4 heteroatoms. The third-order valence-corrected chi connectivity index (χ3v) is 6.32. The standard InChI is InChI=1S/C27H32N2O2/c1-2-3-4-5-6-12-19-29-26(30)24(22-15-8-7-9-16-22)25(27(29)31)28-20-13-17-21-14-10-11-18-23(21)28/h7-11,14-16,18H,2-6,12-13,17,19-20H2,1H3. The minimum absolute atomic E-state index is 0.144. The zero-order valence-corrected chi connectivity index (χ0v) is 18.5. The molecule has 4 rings (SSSR count). The van der Waals surface area contributed by atoms with Gasteiger partial charge >= 0.3 is 0 Å². The maximum Gasteiger partial charge on any atom is 0.278 e. The lowest BCUT2D eigenvalue weighted by molar-refractivity contribution is -0.137. The van der Waals surface area contributed by atoms with Crippen LogP contribution in [0.2, 0.25) is 0 Å². The Morgan fingerprint density at radius 3 is 2.32 bits per heavy atom. The summed E-state index contributed by atoms with van der Waals surface area (Å²) in [5.74, 6) is -0.295. The molecule has 0 aliphatic carbocycles. The molecule has 0 N–H and O–H groups in total. The fraction of sp³-hybridized carbons (Fsp3) is 0.407.